The first-order chi connectivity index (χ1) is 9.06. The molecule has 1 atom stereocenters. The van der Waals surface area contributed by atoms with Crippen molar-refractivity contribution in [2.45, 2.75) is 31.6 Å². The van der Waals surface area contributed by atoms with E-state index in [4.69, 9.17) is 11.6 Å². The van der Waals surface area contributed by atoms with Crippen molar-refractivity contribution in [3.8, 4) is 0 Å². The molecule has 1 aliphatic carbocycles. The van der Waals surface area contributed by atoms with Crippen molar-refractivity contribution in [2.24, 2.45) is 0 Å². The van der Waals surface area contributed by atoms with Crippen LogP contribution in [0, 0.1) is 18.6 Å². The Morgan fingerprint density at radius 1 is 1.16 bits per heavy atom. The smallest absolute Gasteiger partial charge is 0.131 e. The summed E-state index contributed by atoms with van der Waals surface area (Å²) in [5.41, 5.74) is 2.12. The number of hydrogen-bond donors (Lipinski definition) is 0. The van der Waals surface area contributed by atoms with Crippen LogP contribution in [-0.2, 0) is 12.8 Å². The van der Waals surface area contributed by atoms with Crippen molar-refractivity contribution in [1.29, 1.82) is 0 Å². The molecule has 2 aromatic rings. The van der Waals surface area contributed by atoms with Crippen molar-refractivity contribution in [3.63, 3.8) is 0 Å². The molecule has 100 valence electrons. The van der Waals surface area contributed by atoms with E-state index in [-0.39, 0.29) is 0 Å². The Kier molecular flexibility index (Phi) is 3.35. The van der Waals surface area contributed by atoms with E-state index in [0.29, 0.717) is 11.1 Å². The van der Waals surface area contributed by atoms with Crippen LogP contribution in [0.3, 0.4) is 0 Å². The van der Waals surface area contributed by atoms with Crippen LogP contribution in [0.5, 0.6) is 0 Å². The quantitative estimate of drug-likeness (QED) is 0.673. The molecule has 0 fully saturated rings. The van der Waals surface area contributed by atoms with E-state index < -0.39 is 17.0 Å². The second-order valence-electron chi connectivity index (χ2n) is 4.94. The van der Waals surface area contributed by atoms with E-state index in [1.165, 1.54) is 22.9 Å². The molecule has 0 aliphatic heterocycles. The first-order valence-corrected chi connectivity index (χ1v) is 7.52. The molecule has 0 nitrogen and oxygen atoms in total. The lowest BCUT2D eigenvalue weighted by Crippen LogP contribution is -1.98. The Hall–Kier alpha value is -0.930. The maximum atomic E-state index is 13.8. The fourth-order valence-corrected chi connectivity index (χ4v) is 4.12. The molecule has 0 radical (unpaired) electrons. The molecule has 19 heavy (non-hydrogen) atoms. The molecule has 0 spiro atoms. The predicted octanol–water partition coefficient (Wildman–Crippen LogP) is 5.15. The summed E-state index contributed by atoms with van der Waals surface area (Å²) >= 11 is 8.03. The van der Waals surface area contributed by atoms with Gasteiger partial charge in [-0.2, -0.15) is 0 Å². The van der Waals surface area contributed by atoms with E-state index in [2.05, 4.69) is 6.07 Å². The van der Waals surface area contributed by atoms with E-state index >= 15 is 0 Å². The highest BCUT2D eigenvalue weighted by Crippen LogP contribution is 2.40. The van der Waals surface area contributed by atoms with E-state index in [1.54, 1.807) is 18.3 Å². The molecule has 4 heteroatoms. The molecule has 0 saturated carbocycles. The molecule has 0 bridgehead atoms. The molecule has 1 aromatic carbocycles. The average molecular weight is 299 g/mol. The van der Waals surface area contributed by atoms with Gasteiger partial charge in [0.25, 0.3) is 0 Å². The normalized spacial score (nSPS) is 15.6. The monoisotopic (exact) mass is 298 g/mol. The van der Waals surface area contributed by atoms with Crippen LogP contribution in [0.15, 0.2) is 18.2 Å². The summed E-state index contributed by atoms with van der Waals surface area (Å²) in [5, 5.41) is -0.532. The van der Waals surface area contributed by atoms with E-state index in [9.17, 15) is 8.78 Å². The van der Waals surface area contributed by atoms with Crippen molar-refractivity contribution in [1.82, 2.24) is 0 Å². The second kappa shape index (κ2) is 4.88. The van der Waals surface area contributed by atoms with Gasteiger partial charge >= 0.3 is 0 Å². The number of halogens is 3. The molecule has 0 N–H and O–H groups in total. The minimum absolute atomic E-state index is 0.362. The lowest BCUT2D eigenvalue weighted by Gasteiger charge is -2.11. The van der Waals surface area contributed by atoms with Crippen LogP contribution < -0.4 is 0 Å². The van der Waals surface area contributed by atoms with Crippen molar-refractivity contribution >= 4 is 22.9 Å². The molecular formula is C15H13ClF2S. The fourth-order valence-electron chi connectivity index (χ4n) is 2.50. The lowest BCUT2D eigenvalue weighted by molar-refractivity contribution is 0.568. The topological polar surface area (TPSA) is 0 Å². The molecular weight excluding hydrogens is 286 g/mol. The molecule has 3 rings (SSSR count). The number of thiophene rings is 1. The van der Waals surface area contributed by atoms with Crippen LogP contribution in [0.25, 0.3) is 0 Å². The SMILES string of the molecule is Cc1cc(C(Cl)c2cc3c(s2)CCC3)c(F)cc1F. The zero-order chi connectivity index (χ0) is 13.6. The van der Waals surface area contributed by atoms with Crippen LogP contribution in [0.2, 0.25) is 0 Å². The van der Waals surface area contributed by atoms with Gasteiger partial charge in [-0.15, -0.1) is 22.9 Å². The van der Waals surface area contributed by atoms with Gasteiger partial charge in [0.15, 0.2) is 0 Å². The van der Waals surface area contributed by atoms with Crippen LogP contribution in [0.4, 0.5) is 8.78 Å². The standard InChI is InChI=1S/C15H13ClF2S/c1-8-5-10(12(18)7-11(8)17)15(16)14-6-9-3-2-4-13(9)19-14/h5-7,15H,2-4H2,1H3. The van der Waals surface area contributed by atoms with E-state index in [1.807, 2.05) is 0 Å². The minimum Gasteiger partial charge on any atom is -0.207 e. The number of hydrogen-bond acceptors (Lipinski definition) is 1. The predicted molar refractivity (Wildman–Crippen MR) is 75.1 cm³/mol. The van der Waals surface area contributed by atoms with Gasteiger partial charge in [0.1, 0.15) is 11.6 Å². The third-order valence-corrected chi connectivity index (χ3v) is 5.47. The van der Waals surface area contributed by atoms with Crippen LogP contribution in [-0.4, -0.2) is 0 Å². The number of benzene rings is 1. The van der Waals surface area contributed by atoms with Gasteiger partial charge in [0.05, 0.1) is 5.38 Å². The first-order valence-electron chi connectivity index (χ1n) is 6.27. The van der Waals surface area contributed by atoms with Gasteiger partial charge in [0.2, 0.25) is 0 Å². The summed E-state index contributed by atoms with van der Waals surface area (Å²) in [5.74, 6) is -1.10. The maximum Gasteiger partial charge on any atom is 0.131 e. The molecule has 1 heterocycles. The van der Waals surface area contributed by atoms with Gasteiger partial charge in [-0.05, 0) is 49.4 Å². The van der Waals surface area contributed by atoms with Crippen molar-refractivity contribution in [2.75, 3.05) is 0 Å². The van der Waals surface area contributed by atoms with Crippen LogP contribution in [0.1, 0.15) is 38.2 Å². The molecule has 1 unspecified atom stereocenters. The highest BCUT2D eigenvalue weighted by Gasteiger charge is 2.22. The number of alkyl halides is 1. The Balaban J connectivity index is 1.99. The molecule has 1 aromatic heterocycles. The van der Waals surface area contributed by atoms with E-state index in [0.717, 1.165) is 23.8 Å². The first kappa shape index (κ1) is 13.1. The summed E-state index contributed by atoms with van der Waals surface area (Å²) in [4.78, 5) is 2.32. The highest BCUT2D eigenvalue weighted by atomic mass is 35.5. The summed E-state index contributed by atoms with van der Waals surface area (Å²) in [6.45, 7) is 1.62. The lowest BCUT2D eigenvalue weighted by atomic mass is 10.1. The maximum absolute atomic E-state index is 13.8. The van der Waals surface area contributed by atoms with Gasteiger partial charge in [-0.1, -0.05) is 0 Å². The van der Waals surface area contributed by atoms with Gasteiger partial charge in [-0.3, -0.25) is 0 Å². The second-order valence-corrected chi connectivity index (χ2v) is 6.54. The summed E-state index contributed by atoms with van der Waals surface area (Å²) < 4.78 is 27.1. The molecule has 0 amide bonds. The third-order valence-electron chi connectivity index (χ3n) is 3.57. The van der Waals surface area contributed by atoms with Crippen LogP contribution >= 0.6 is 22.9 Å². The third kappa shape index (κ3) is 2.30. The molecule has 0 saturated heterocycles. The summed E-state index contributed by atoms with van der Waals surface area (Å²) in [6, 6.07) is 4.50. The number of aryl methyl sites for hydroxylation is 3. The Morgan fingerprint density at radius 2 is 1.95 bits per heavy atom. The van der Waals surface area contributed by atoms with Gasteiger partial charge < -0.3 is 0 Å². The van der Waals surface area contributed by atoms with Gasteiger partial charge in [0, 0.05) is 21.4 Å². The largest absolute Gasteiger partial charge is 0.207 e. The zero-order valence-electron chi connectivity index (χ0n) is 10.5. The van der Waals surface area contributed by atoms with Crippen molar-refractivity contribution < 1.29 is 8.78 Å². The van der Waals surface area contributed by atoms with Gasteiger partial charge in [-0.25, -0.2) is 8.78 Å². The number of rotatable bonds is 2. The molecule has 1 aliphatic rings. The number of fused-ring (bicyclic) bond motifs is 1. The fraction of sp³-hybridized carbons (Fsp3) is 0.333. The Bertz CT molecular complexity index is 612. The summed E-state index contributed by atoms with van der Waals surface area (Å²) in [6.07, 6.45) is 3.37. The Morgan fingerprint density at radius 3 is 2.68 bits per heavy atom. The Labute approximate surface area is 120 Å². The summed E-state index contributed by atoms with van der Waals surface area (Å²) in [7, 11) is 0. The minimum atomic E-state index is -0.573. The highest BCUT2D eigenvalue weighted by molar-refractivity contribution is 7.12. The average Bonchev–Trinajstić information content (AvgIpc) is 2.93. The van der Waals surface area contributed by atoms with Crippen molar-refractivity contribution in [3.05, 3.63) is 56.3 Å². The zero-order valence-corrected chi connectivity index (χ0v) is 12.0.